The highest BCUT2D eigenvalue weighted by Crippen LogP contribution is 2.37. The molecule has 1 aliphatic heterocycles. The fourth-order valence-electron chi connectivity index (χ4n) is 6.10. The van der Waals surface area contributed by atoms with Gasteiger partial charge >= 0.3 is 0 Å². The summed E-state index contributed by atoms with van der Waals surface area (Å²) < 4.78 is 2.38. The van der Waals surface area contributed by atoms with Crippen molar-refractivity contribution in [2.75, 3.05) is 0 Å². The molecule has 0 unspecified atom stereocenters. The van der Waals surface area contributed by atoms with Crippen molar-refractivity contribution < 1.29 is 0 Å². The van der Waals surface area contributed by atoms with Gasteiger partial charge in [-0.2, -0.15) is 0 Å². The maximum atomic E-state index is 5.27. The first-order valence-electron chi connectivity index (χ1n) is 13.2. The van der Waals surface area contributed by atoms with E-state index in [1.54, 1.807) is 0 Å². The minimum Gasteiger partial charge on any atom is -0.309 e. The zero-order valence-electron chi connectivity index (χ0n) is 22.2. The summed E-state index contributed by atoms with van der Waals surface area (Å²) in [5.41, 5.74) is 9.27. The average Bonchev–Trinajstić information content (AvgIpc) is 3.41. The Balaban J connectivity index is 1.57. The van der Waals surface area contributed by atoms with Gasteiger partial charge in [-0.1, -0.05) is 92.0 Å². The Bertz CT molecular complexity index is 1910. The van der Waals surface area contributed by atoms with Crippen LogP contribution in [-0.2, 0) is 0 Å². The van der Waals surface area contributed by atoms with Gasteiger partial charge in [0.15, 0.2) is 5.82 Å². The van der Waals surface area contributed by atoms with Gasteiger partial charge in [0.1, 0.15) is 8.07 Å². The molecule has 4 aromatic carbocycles. The molecule has 0 aliphatic carbocycles. The minimum atomic E-state index is -2.00. The average molecular weight is 508 g/mol. The van der Waals surface area contributed by atoms with Crippen molar-refractivity contribution >= 4 is 45.8 Å². The molecule has 0 N–H and O–H groups in total. The van der Waals surface area contributed by atoms with Crippen LogP contribution in [0.25, 0.3) is 55.6 Å². The van der Waals surface area contributed by atoms with Gasteiger partial charge in [0.2, 0.25) is 0 Å². The number of benzene rings is 4. The maximum absolute atomic E-state index is 5.27. The summed E-state index contributed by atoms with van der Waals surface area (Å²) in [5.74, 6) is 0.812. The highest BCUT2D eigenvalue weighted by Gasteiger charge is 2.41. The molecule has 0 atom stereocenters. The van der Waals surface area contributed by atoms with E-state index in [2.05, 4.69) is 135 Å². The van der Waals surface area contributed by atoms with Gasteiger partial charge in [0.05, 0.1) is 22.4 Å². The molecule has 38 heavy (non-hydrogen) atoms. The molecule has 4 heteroatoms. The second-order valence-electron chi connectivity index (χ2n) is 10.7. The Morgan fingerprint density at radius 1 is 0.737 bits per heavy atom. The van der Waals surface area contributed by atoms with Crippen molar-refractivity contribution in [2.24, 2.45) is 0 Å². The van der Waals surface area contributed by atoms with Gasteiger partial charge in [0, 0.05) is 22.0 Å². The fourth-order valence-corrected chi connectivity index (χ4v) is 9.34. The standard InChI is InChI=1S/C34H29N3Si/c1-5-22(2)34-35-31(33-32(36-34)27-16-10-12-18-30(27)38(33,3)4)23-19-20-26-25-15-9-11-17-28(25)37(29(26)21-23)24-13-7-6-8-14-24/h5-21H,1-4H3. The summed E-state index contributed by atoms with van der Waals surface area (Å²) in [6, 6.07) is 35.0. The molecule has 0 saturated carbocycles. The molecule has 1 aliphatic rings. The SMILES string of the molecule is CC=C(C)c1nc(-c2ccc3c4ccccc4n(-c4ccccc4)c3c2)c2c(n1)-c1ccccc1[Si]2(C)C. The van der Waals surface area contributed by atoms with Crippen molar-refractivity contribution in [1.82, 2.24) is 14.5 Å². The smallest absolute Gasteiger partial charge is 0.155 e. The lowest BCUT2D eigenvalue weighted by atomic mass is 10.0. The fraction of sp³-hybridized carbons (Fsp3) is 0.118. The van der Waals surface area contributed by atoms with Crippen LogP contribution in [0.5, 0.6) is 0 Å². The first-order valence-corrected chi connectivity index (χ1v) is 16.2. The molecule has 3 heterocycles. The molecule has 2 aromatic heterocycles. The van der Waals surface area contributed by atoms with Crippen LogP contribution in [0, 0.1) is 0 Å². The molecule has 184 valence electrons. The van der Waals surface area contributed by atoms with Gasteiger partial charge in [-0.3, -0.25) is 0 Å². The molecule has 0 bridgehead atoms. The van der Waals surface area contributed by atoms with Gasteiger partial charge < -0.3 is 4.57 Å². The van der Waals surface area contributed by atoms with E-state index in [0.717, 1.165) is 34.0 Å². The van der Waals surface area contributed by atoms with Crippen LogP contribution in [0.4, 0.5) is 0 Å². The number of rotatable bonds is 3. The summed E-state index contributed by atoms with van der Waals surface area (Å²) in [6.45, 7) is 9.03. The van der Waals surface area contributed by atoms with E-state index in [9.17, 15) is 0 Å². The maximum Gasteiger partial charge on any atom is 0.155 e. The van der Waals surface area contributed by atoms with Crippen molar-refractivity contribution in [2.45, 2.75) is 26.9 Å². The monoisotopic (exact) mass is 507 g/mol. The molecular formula is C34H29N3Si. The molecule has 0 fully saturated rings. The number of aromatic nitrogens is 3. The summed E-state index contributed by atoms with van der Waals surface area (Å²) in [7, 11) is -2.00. The van der Waals surface area contributed by atoms with Crippen LogP contribution in [0.3, 0.4) is 0 Å². The predicted molar refractivity (Wildman–Crippen MR) is 163 cm³/mol. The number of allylic oxidation sites excluding steroid dienone is 2. The van der Waals surface area contributed by atoms with Gasteiger partial charge in [-0.25, -0.2) is 9.97 Å². The van der Waals surface area contributed by atoms with Crippen LogP contribution >= 0.6 is 0 Å². The number of fused-ring (bicyclic) bond motifs is 6. The lowest BCUT2D eigenvalue weighted by Gasteiger charge is -2.22. The van der Waals surface area contributed by atoms with E-state index in [0.29, 0.717) is 0 Å². The predicted octanol–water partition coefficient (Wildman–Crippen LogP) is 7.47. The van der Waals surface area contributed by atoms with Crippen molar-refractivity contribution in [3.8, 4) is 28.2 Å². The van der Waals surface area contributed by atoms with E-state index in [-0.39, 0.29) is 0 Å². The zero-order valence-corrected chi connectivity index (χ0v) is 23.2. The Morgan fingerprint density at radius 3 is 2.24 bits per heavy atom. The lowest BCUT2D eigenvalue weighted by Crippen LogP contribution is -2.50. The van der Waals surface area contributed by atoms with E-state index in [1.807, 2.05) is 0 Å². The number of nitrogens with zero attached hydrogens (tertiary/aromatic N) is 3. The van der Waals surface area contributed by atoms with E-state index in [1.165, 1.54) is 37.7 Å². The Morgan fingerprint density at radius 2 is 1.42 bits per heavy atom. The van der Waals surface area contributed by atoms with E-state index >= 15 is 0 Å². The second-order valence-corrected chi connectivity index (χ2v) is 15.0. The number of para-hydroxylation sites is 2. The summed E-state index contributed by atoms with van der Waals surface area (Å²) in [5, 5.41) is 5.30. The minimum absolute atomic E-state index is 0.812. The van der Waals surface area contributed by atoms with Crippen molar-refractivity contribution in [3.63, 3.8) is 0 Å². The molecule has 0 radical (unpaired) electrons. The Labute approximate surface area is 224 Å². The third-order valence-corrected chi connectivity index (χ3v) is 11.6. The third-order valence-electron chi connectivity index (χ3n) is 8.14. The van der Waals surface area contributed by atoms with Crippen molar-refractivity contribution in [3.05, 3.63) is 109 Å². The van der Waals surface area contributed by atoms with E-state index in [4.69, 9.17) is 9.97 Å². The highest BCUT2D eigenvalue weighted by atomic mass is 28.3. The molecule has 0 saturated heterocycles. The first-order chi connectivity index (χ1) is 18.5. The van der Waals surface area contributed by atoms with Crippen LogP contribution in [-0.4, -0.2) is 22.6 Å². The molecule has 0 spiro atoms. The Hall–Kier alpha value is -4.28. The summed E-state index contributed by atoms with van der Waals surface area (Å²) >= 11 is 0. The van der Waals surface area contributed by atoms with Crippen molar-refractivity contribution in [1.29, 1.82) is 0 Å². The van der Waals surface area contributed by atoms with Gasteiger partial charge in [0.25, 0.3) is 0 Å². The Kier molecular flexibility index (Phi) is 5.04. The van der Waals surface area contributed by atoms with Gasteiger partial charge in [-0.05, 0) is 59.6 Å². The molecule has 3 nitrogen and oxygen atoms in total. The second kappa shape index (κ2) is 8.37. The molecule has 0 amide bonds. The van der Waals surface area contributed by atoms with Gasteiger partial charge in [-0.15, -0.1) is 0 Å². The number of hydrogen-bond acceptors (Lipinski definition) is 2. The molecular weight excluding hydrogens is 478 g/mol. The topological polar surface area (TPSA) is 30.7 Å². The quantitative estimate of drug-likeness (QED) is 0.233. The lowest BCUT2D eigenvalue weighted by molar-refractivity contribution is 1.13. The highest BCUT2D eigenvalue weighted by molar-refractivity contribution is 7.04. The van der Waals surface area contributed by atoms with Crippen LogP contribution in [0.1, 0.15) is 19.7 Å². The van der Waals surface area contributed by atoms with Crippen LogP contribution in [0.2, 0.25) is 13.1 Å². The number of hydrogen-bond donors (Lipinski definition) is 0. The largest absolute Gasteiger partial charge is 0.309 e. The summed E-state index contributed by atoms with van der Waals surface area (Å²) in [4.78, 5) is 10.4. The molecule has 7 rings (SSSR count). The van der Waals surface area contributed by atoms with E-state index < -0.39 is 8.07 Å². The van der Waals surface area contributed by atoms with Crippen LogP contribution < -0.4 is 10.4 Å². The summed E-state index contributed by atoms with van der Waals surface area (Å²) in [6.07, 6.45) is 2.10. The molecule has 6 aromatic rings. The van der Waals surface area contributed by atoms with Crippen LogP contribution in [0.15, 0.2) is 103 Å². The first kappa shape index (κ1) is 22.9. The normalized spacial score (nSPS) is 14.2. The zero-order chi connectivity index (χ0) is 26.0. The third kappa shape index (κ3) is 3.20.